The van der Waals surface area contributed by atoms with Crippen LogP contribution in [0, 0.1) is 0 Å². The molecule has 0 saturated carbocycles. The van der Waals surface area contributed by atoms with E-state index in [4.69, 9.17) is 14.2 Å². The Morgan fingerprint density at radius 3 is 2.86 bits per heavy atom. The molecule has 1 atom stereocenters. The molecule has 7 heteroatoms. The van der Waals surface area contributed by atoms with Crippen LogP contribution in [0.4, 0.5) is 0 Å². The molecule has 0 radical (unpaired) electrons. The lowest BCUT2D eigenvalue weighted by atomic mass is 9.89. The number of aromatic carboxylic acids is 1. The number of piperidine rings is 1. The Hall–Kier alpha value is -3.22. The summed E-state index contributed by atoms with van der Waals surface area (Å²) in [6.45, 7) is 1.38. The van der Waals surface area contributed by atoms with Gasteiger partial charge in [-0.15, -0.1) is 0 Å². The largest absolute Gasteiger partial charge is 0.484 e. The van der Waals surface area contributed by atoms with Gasteiger partial charge in [-0.05, 0) is 42.7 Å². The normalized spacial score (nSPS) is 18.0. The Labute approximate surface area is 162 Å². The number of ether oxygens (including phenoxy) is 3. The van der Waals surface area contributed by atoms with E-state index in [0.717, 1.165) is 18.4 Å². The number of hydrogen-bond donors (Lipinski definition) is 1. The number of carbonyl (C=O) groups is 2. The van der Waals surface area contributed by atoms with Crippen molar-refractivity contribution in [3.63, 3.8) is 0 Å². The Bertz CT molecular complexity index is 896. The summed E-state index contributed by atoms with van der Waals surface area (Å²) in [6.07, 6.45) is 1.80. The average Bonchev–Trinajstić information content (AvgIpc) is 3.20. The van der Waals surface area contributed by atoms with Gasteiger partial charge in [0, 0.05) is 25.1 Å². The van der Waals surface area contributed by atoms with Crippen LogP contribution in [-0.4, -0.2) is 48.4 Å². The van der Waals surface area contributed by atoms with Crippen LogP contribution in [0.5, 0.6) is 17.2 Å². The van der Waals surface area contributed by atoms with Crippen molar-refractivity contribution in [1.29, 1.82) is 0 Å². The molecule has 2 heterocycles. The van der Waals surface area contributed by atoms with E-state index in [1.165, 1.54) is 0 Å². The van der Waals surface area contributed by atoms with Gasteiger partial charge in [-0.3, -0.25) is 4.79 Å². The van der Waals surface area contributed by atoms with Gasteiger partial charge in [0.1, 0.15) is 5.75 Å². The van der Waals surface area contributed by atoms with Crippen LogP contribution < -0.4 is 14.2 Å². The first-order valence-corrected chi connectivity index (χ1v) is 9.23. The number of rotatable bonds is 5. The fourth-order valence-electron chi connectivity index (χ4n) is 3.60. The molecule has 1 saturated heterocycles. The molecule has 4 rings (SSSR count). The Morgan fingerprint density at radius 2 is 2.00 bits per heavy atom. The van der Waals surface area contributed by atoms with E-state index >= 15 is 0 Å². The first-order valence-electron chi connectivity index (χ1n) is 9.23. The number of likely N-dealkylation sites (tertiary alicyclic amines) is 1. The van der Waals surface area contributed by atoms with Crippen LogP contribution in [0.1, 0.15) is 34.7 Å². The maximum Gasteiger partial charge on any atom is 0.335 e. The smallest absolute Gasteiger partial charge is 0.335 e. The van der Waals surface area contributed by atoms with E-state index < -0.39 is 5.97 Å². The highest BCUT2D eigenvalue weighted by molar-refractivity contribution is 5.87. The van der Waals surface area contributed by atoms with Gasteiger partial charge in [-0.25, -0.2) is 4.79 Å². The Balaban J connectivity index is 1.37. The van der Waals surface area contributed by atoms with Crippen LogP contribution in [-0.2, 0) is 4.79 Å². The summed E-state index contributed by atoms with van der Waals surface area (Å²) in [5.41, 5.74) is 1.22. The van der Waals surface area contributed by atoms with Crippen molar-refractivity contribution >= 4 is 11.9 Å². The molecule has 28 heavy (non-hydrogen) atoms. The molecule has 0 bridgehead atoms. The van der Waals surface area contributed by atoms with Gasteiger partial charge in [0.25, 0.3) is 5.91 Å². The zero-order chi connectivity index (χ0) is 19.5. The molecule has 0 aliphatic carbocycles. The molecule has 2 aromatic carbocycles. The van der Waals surface area contributed by atoms with E-state index in [2.05, 4.69) is 0 Å². The monoisotopic (exact) mass is 383 g/mol. The zero-order valence-corrected chi connectivity index (χ0v) is 15.3. The second-order valence-corrected chi connectivity index (χ2v) is 6.91. The summed E-state index contributed by atoms with van der Waals surface area (Å²) < 4.78 is 16.2. The van der Waals surface area contributed by atoms with Gasteiger partial charge in [0.2, 0.25) is 6.79 Å². The predicted octanol–water partition coefficient (Wildman–Crippen LogP) is 2.90. The minimum atomic E-state index is -0.942. The molecule has 1 fully saturated rings. The number of carboxylic acids is 1. The lowest BCUT2D eigenvalue weighted by molar-refractivity contribution is -0.134. The summed E-state index contributed by atoms with van der Waals surface area (Å²) in [4.78, 5) is 25.6. The molecule has 1 amide bonds. The van der Waals surface area contributed by atoms with Crippen molar-refractivity contribution in [2.24, 2.45) is 0 Å². The first kappa shape index (κ1) is 18.2. The minimum absolute atomic E-state index is 0.0540. The van der Waals surface area contributed by atoms with Crippen LogP contribution in [0.25, 0.3) is 0 Å². The maximum atomic E-state index is 12.6. The Morgan fingerprint density at radius 1 is 1.14 bits per heavy atom. The van der Waals surface area contributed by atoms with Crippen LogP contribution >= 0.6 is 0 Å². The minimum Gasteiger partial charge on any atom is -0.484 e. The summed E-state index contributed by atoms with van der Waals surface area (Å²) in [6, 6.07) is 12.2. The fourth-order valence-corrected chi connectivity index (χ4v) is 3.60. The first-order chi connectivity index (χ1) is 13.6. The number of nitrogens with zero attached hydrogens (tertiary/aromatic N) is 1. The molecule has 7 nitrogen and oxygen atoms in total. The number of fused-ring (bicyclic) bond motifs is 1. The second-order valence-electron chi connectivity index (χ2n) is 6.91. The maximum absolute atomic E-state index is 12.6. The molecular weight excluding hydrogens is 362 g/mol. The molecule has 2 aliphatic heterocycles. The summed E-state index contributed by atoms with van der Waals surface area (Å²) in [7, 11) is 0. The van der Waals surface area contributed by atoms with Gasteiger partial charge in [-0.2, -0.15) is 0 Å². The van der Waals surface area contributed by atoms with E-state index in [9.17, 15) is 14.7 Å². The number of benzene rings is 2. The standard InChI is InChI=1S/C21H21NO6/c23-20(12-26-17-6-7-18-19(10-17)28-13-27-18)22-8-2-5-16(11-22)14-3-1-4-15(9-14)21(24)25/h1,3-4,6-7,9-10,16H,2,5,8,11-13H2,(H,24,25). The van der Waals surface area contributed by atoms with Gasteiger partial charge in [0.15, 0.2) is 18.1 Å². The third-order valence-electron chi connectivity index (χ3n) is 5.09. The van der Waals surface area contributed by atoms with Gasteiger partial charge >= 0.3 is 5.97 Å². The summed E-state index contributed by atoms with van der Waals surface area (Å²) >= 11 is 0. The van der Waals surface area contributed by atoms with Crippen molar-refractivity contribution in [3.8, 4) is 17.2 Å². The third kappa shape index (κ3) is 3.88. The van der Waals surface area contributed by atoms with Crippen LogP contribution in [0.15, 0.2) is 42.5 Å². The van der Waals surface area contributed by atoms with Crippen molar-refractivity contribution < 1.29 is 28.9 Å². The highest BCUT2D eigenvalue weighted by atomic mass is 16.7. The lowest BCUT2D eigenvalue weighted by Crippen LogP contribution is -2.41. The topological polar surface area (TPSA) is 85.3 Å². The quantitative estimate of drug-likeness (QED) is 0.855. The number of hydrogen-bond acceptors (Lipinski definition) is 5. The van der Waals surface area contributed by atoms with E-state index in [1.54, 1.807) is 41.3 Å². The van der Waals surface area contributed by atoms with Crippen molar-refractivity contribution in [2.45, 2.75) is 18.8 Å². The molecule has 0 aromatic heterocycles. The Kier molecular flexibility index (Phi) is 5.06. The summed E-state index contributed by atoms with van der Waals surface area (Å²) in [5, 5.41) is 9.19. The number of carbonyl (C=O) groups excluding carboxylic acids is 1. The number of amides is 1. The fraction of sp³-hybridized carbons (Fsp3) is 0.333. The zero-order valence-electron chi connectivity index (χ0n) is 15.3. The molecule has 1 N–H and O–H groups in total. The van der Waals surface area contributed by atoms with E-state index in [1.807, 2.05) is 6.07 Å². The van der Waals surface area contributed by atoms with E-state index in [-0.39, 0.29) is 30.8 Å². The van der Waals surface area contributed by atoms with E-state index in [0.29, 0.717) is 30.3 Å². The predicted molar refractivity (Wildman–Crippen MR) is 100 cm³/mol. The van der Waals surface area contributed by atoms with Gasteiger partial charge in [-0.1, -0.05) is 12.1 Å². The van der Waals surface area contributed by atoms with Crippen molar-refractivity contribution in [1.82, 2.24) is 4.90 Å². The summed E-state index contributed by atoms with van der Waals surface area (Å²) in [5.74, 6) is 0.935. The number of carboxylic acid groups (broad SMARTS) is 1. The van der Waals surface area contributed by atoms with Crippen LogP contribution in [0.2, 0.25) is 0 Å². The molecule has 2 aliphatic rings. The average molecular weight is 383 g/mol. The molecule has 0 spiro atoms. The third-order valence-corrected chi connectivity index (χ3v) is 5.09. The molecule has 1 unspecified atom stereocenters. The second kappa shape index (κ2) is 7.80. The molecule has 146 valence electrons. The van der Waals surface area contributed by atoms with Gasteiger partial charge in [0.05, 0.1) is 5.56 Å². The van der Waals surface area contributed by atoms with Crippen LogP contribution in [0.3, 0.4) is 0 Å². The molecular formula is C21H21NO6. The molecule has 2 aromatic rings. The highest BCUT2D eigenvalue weighted by Gasteiger charge is 2.25. The van der Waals surface area contributed by atoms with Gasteiger partial charge < -0.3 is 24.2 Å². The highest BCUT2D eigenvalue weighted by Crippen LogP contribution is 2.35. The van der Waals surface area contributed by atoms with Crippen molar-refractivity contribution in [3.05, 3.63) is 53.6 Å². The SMILES string of the molecule is O=C(O)c1cccc(C2CCCN(C(=O)COc3ccc4c(c3)OCO4)C2)c1. The lowest BCUT2D eigenvalue weighted by Gasteiger charge is -2.33. The van der Waals surface area contributed by atoms with Crippen molar-refractivity contribution in [2.75, 3.05) is 26.5 Å².